The third-order valence-corrected chi connectivity index (χ3v) is 1.23. The maximum atomic E-state index is 5.11. The molecule has 76 valence electrons. The van der Waals surface area contributed by atoms with Crippen molar-refractivity contribution in [3.63, 3.8) is 0 Å². The van der Waals surface area contributed by atoms with Gasteiger partial charge in [-0.1, -0.05) is 34.6 Å². The van der Waals surface area contributed by atoms with Gasteiger partial charge in [0.1, 0.15) is 0 Å². The molecule has 0 saturated carbocycles. The number of nitrogens with two attached hydrogens (primary N) is 1. The number of hydrogen-bond acceptors (Lipinski definition) is 2. The van der Waals surface area contributed by atoms with Crippen molar-refractivity contribution in [3.8, 4) is 0 Å². The van der Waals surface area contributed by atoms with Crippen LogP contribution < -0.4 is 11.1 Å². The van der Waals surface area contributed by atoms with E-state index in [9.17, 15) is 0 Å². The van der Waals surface area contributed by atoms with Crippen LogP contribution in [0.1, 0.15) is 48.0 Å². The summed E-state index contributed by atoms with van der Waals surface area (Å²) in [5, 5.41) is 3.39. The molecule has 0 aliphatic carbocycles. The second kappa shape index (κ2) is 9.01. The molecule has 2 nitrogen and oxygen atoms in total. The first-order valence-electron chi connectivity index (χ1n) is 4.91. The molecule has 0 bridgehead atoms. The molecule has 0 aromatic carbocycles. The second-order valence-corrected chi connectivity index (χ2v) is 3.87. The summed E-state index contributed by atoms with van der Waals surface area (Å²) in [6.45, 7) is 12.6. The summed E-state index contributed by atoms with van der Waals surface area (Å²) in [7, 11) is 0. The first-order valence-corrected chi connectivity index (χ1v) is 4.91. The highest BCUT2D eigenvalue weighted by Gasteiger charge is 1.97. The Balaban J connectivity index is 0. The predicted octanol–water partition coefficient (Wildman–Crippen LogP) is 2.14. The Hall–Kier alpha value is -0.0800. The van der Waals surface area contributed by atoms with Gasteiger partial charge >= 0.3 is 0 Å². The average molecular weight is 174 g/mol. The molecule has 1 atom stereocenters. The van der Waals surface area contributed by atoms with E-state index < -0.39 is 0 Å². The molecule has 2 heteroatoms. The van der Waals surface area contributed by atoms with Gasteiger partial charge in [0.25, 0.3) is 0 Å². The summed E-state index contributed by atoms with van der Waals surface area (Å²) < 4.78 is 0. The third kappa shape index (κ3) is 22.5. The smallest absolute Gasteiger partial charge is 0.00384 e. The lowest BCUT2D eigenvalue weighted by atomic mass is 10.2. The number of nitrogens with one attached hydrogen (secondary N) is 1. The van der Waals surface area contributed by atoms with E-state index in [0.717, 1.165) is 0 Å². The summed E-state index contributed by atoms with van der Waals surface area (Å²) in [5.74, 6) is 0. The average Bonchev–Trinajstić information content (AvgIpc) is 1.84. The molecule has 0 rings (SSSR count). The highest BCUT2D eigenvalue weighted by molar-refractivity contribution is 4.60. The molecule has 0 aromatic rings. The van der Waals surface area contributed by atoms with Gasteiger partial charge in [0.15, 0.2) is 0 Å². The lowest BCUT2D eigenvalue weighted by molar-refractivity contribution is 0.479. The van der Waals surface area contributed by atoms with Crippen LogP contribution in [-0.2, 0) is 0 Å². The maximum absolute atomic E-state index is 5.11. The van der Waals surface area contributed by atoms with Crippen LogP contribution in [0.25, 0.3) is 0 Å². The molecule has 0 heterocycles. The van der Waals surface area contributed by atoms with E-state index in [2.05, 4.69) is 33.0 Å². The summed E-state index contributed by atoms with van der Waals surface area (Å²) in [6, 6.07) is 1.64. The molecular formula is C10H26N2. The van der Waals surface area contributed by atoms with Gasteiger partial charge in [-0.3, -0.25) is 0 Å². The highest BCUT2D eigenvalue weighted by Crippen LogP contribution is 1.89. The van der Waals surface area contributed by atoms with E-state index >= 15 is 0 Å². The van der Waals surface area contributed by atoms with Crippen LogP contribution >= 0.6 is 0 Å². The third-order valence-electron chi connectivity index (χ3n) is 1.23. The standard InChI is InChI=1S/C7H17N.C3H9N/c1-5-7(4)8-6(2)3;1-3(2)4/h6-8H,5H2,1-4H3;3H,4H2,1-2H3. The minimum atomic E-state index is 0.333. The fourth-order valence-electron chi connectivity index (χ4n) is 0.687. The van der Waals surface area contributed by atoms with Gasteiger partial charge < -0.3 is 11.1 Å². The van der Waals surface area contributed by atoms with Gasteiger partial charge in [-0.2, -0.15) is 0 Å². The van der Waals surface area contributed by atoms with Crippen molar-refractivity contribution in [3.05, 3.63) is 0 Å². The van der Waals surface area contributed by atoms with E-state index in [1.54, 1.807) is 0 Å². The summed E-state index contributed by atoms with van der Waals surface area (Å²) in [4.78, 5) is 0. The fourth-order valence-corrected chi connectivity index (χ4v) is 0.687. The van der Waals surface area contributed by atoms with Crippen molar-refractivity contribution in [2.45, 2.75) is 66.1 Å². The van der Waals surface area contributed by atoms with Gasteiger partial charge in [0.2, 0.25) is 0 Å². The molecule has 0 amide bonds. The summed E-state index contributed by atoms with van der Waals surface area (Å²) in [5.41, 5.74) is 5.11. The van der Waals surface area contributed by atoms with Crippen molar-refractivity contribution < 1.29 is 0 Å². The zero-order chi connectivity index (χ0) is 10.1. The number of hydrogen-bond donors (Lipinski definition) is 2. The van der Waals surface area contributed by atoms with E-state index in [1.807, 2.05) is 13.8 Å². The molecule has 1 unspecified atom stereocenters. The van der Waals surface area contributed by atoms with E-state index in [4.69, 9.17) is 5.73 Å². The maximum Gasteiger partial charge on any atom is 0.00384 e. The van der Waals surface area contributed by atoms with Gasteiger partial charge in [-0.15, -0.1) is 0 Å². The second-order valence-electron chi connectivity index (χ2n) is 3.87. The van der Waals surface area contributed by atoms with E-state index in [0.29, 0.717) is 18.1 Å². The summed E-state index contributed by atoms with van der Waals surface area (Å²) in [6.07, 6.45) is 1.22. The first kappa shape index (κ1) is 14.4. The number of rotatable bonds is 3. The molecule has 0 saturated heterocycles. The highest BCUT2D eigenvalue weighted by atomic mass is 14.9. The topological polar surface area (TPSA) is 38.0 Å². The molecule has 3 N–H and O–H groups in total. The van der Waals surface area contributed by atoms with Crippen molar-refractivity contribution >= 4 is 0 Å². The van der Waals surface area contributed by atoms with Gasteiger partial charge in [-0.05, 0) is 19.4 Å². The Morgan fingerprint density at radius 2 is 1.42 bits per heavy atom. The lowest BCUT2D eigenvalue weighted by Gasteiger charge is -2.13. The van der Waals surface area contributed by atoms with Crippen LogP contribution in [0.2, 0.25) is 0 Å². The van der Waals surface area contributed by atoms with Crippen LogP contribution in [0.3, 0.4) is 0 Å². The van der Waals surface area contributed by atoms with E-state index in [1.165, 1.54) is 6.42 Å². The molecule has 0 radical (unpaired) electrons. The normalized spacial score (nSPS) is 12.8. The molecule has 0 aliphatic rings. The van der Waals surface area contributed by atoms with Crippen molar-refractivity contribution in [2.24, 2.45) is 5.73 Å². The molecular weight excluding hydrogens is 148 g/mol. The van der Waals surface area contributed by atoms with Gasteiger partial charge in [0, 0.05) is 12.1 Å². The molecule has 12 heavy (non-hydrogen) atoms. The fraction of sp³-hybridized carbons (Fsp3) is 1.00. The molecule has 0 spiro atoms. The quantitative estimate of drug-likeness (QED) is 0.688. The van der Waals surface area contributed by atoms with Gasteiger partial charge in [0.05, 0.1) is 0 Å². The Bertz CT molecular complexity index is 77.2. The Labute approximate surface area is 77.9 Å². The predicted molar refractivity (Wildman–Crippen MR) is 57.3 cm³/mol. The first-order chi connectivity index (χ1) is 5.40. The zero-order valence-electron chi connectivity index (χ0n) is 9.52. The van der Waals surface area contributed by atoms with Crippen LogP contribution in [0.5, 0.6) is 0 Å². The molecule has 0 aromatic heterocycles. The lowest BCUT2D eigenvalue weighted by Crippen LogP contribution is -2.31. The Morgan fingerprint density at radius 1 is 1.08 bits per heavy atom. The SMILES string of the molecule is CC(C)N.CCC(C)NC(C)C. The van der Waals surface area contributed by atoms with Crippen molar-refractivity contribution in [1.82, 2.24) is 5.32 Å². The van der Waals surface area contributed by atoms with E-state index in [-0.39, 0.29) is 0 Å². The molecule has 0 fully saturated rings. The molecule has 0 aliphatic heterocycles. The largest absolute Gasteiger partial charge is 0.328 e. The Kier molecular flexibility index (Phi) is 10.8. The minimum Gasteiger partial charge on any atom is -0.328 e. The van der Waals surface area contributed by atoms with Crippen LogP contribution in [-0.4, -0.2) is 18.1 Å². The van der Waals surface area contributed by atoms with Crippen molar-refractivity contribution in [1.29, 1.82) is 0 Å². The minimum absolute atomic E-state index is 0.333. The van der Waals surface area contributed by atoms with Gasteiger partial charge in [-0.25, -0.2) is 0 Å². The van der Waals surface area contributed by atoms with Crippen LogP contribution in [0, 0.1) is 0 Å². The van der Waals surface area contributed by atoms with Crippen LogP contribution in [0.4, 0.5) is 0 Å². The Morgan fingerprint density at radius 3 is 1.50 bits per heavy atom. The van der Waals surface area contributed by atoms with Crippen molar-refractivity contribution in [2.75, 3.05) is 0 Å². The zero-order valence-corrected chi connectivity index (χ0v) is 9.52. The summed E-state index contributed by atoms with van der Waals surface area (Å²) >= 11 is 0. The monoisotopic (exact) mass is 174 g/mol. The van der Waals surface area contributed by atoms with Crippen LogP contribution in [0.15, 0.2) is 0 Å².